The lowest BCUT2D eigenvalue weighted by atomic mass is 10.2. The molecule has 1 aromatic carbocycles. The standard InChI is InChI=1S/C17H19N5O3S/c1-2-3-4-9-14-19-20-17(26-14)18-13(23)10-22-16(25)12-8-6-5-7-11(12)15(24)21-22/h5-8H,2-4,9-10H2,1H3,(H,21,24)(H,18,20,23). The molecule has 26 heavy (non-hydrogen) atoms. The number of hydrogen-bond acceptors (Lipinski definition) is 6. The van der Waals surface area contributed by atoms with Crippen molar-refractivity contribution >= 4 is 33.1 Å². The summed E-state index contributed by atoms with van der Waals surface area (Å²) in [5.41, 5.74) is -0.838. The average Bonchev–Trinajstić information content (AvgIpc) is 3.07. The number of carbonyl (C=O) groups is 1. The highest BCUT2D eigenvalue weighted by Gasteiger charge is 2.12. The summed E-state index contributed by atoms with van der Waals surface area (Å²) in [5.74, 6) is -0.450. The minimum atomic E-state index is -0.450. The van der Waals surface area contributed by atoms with Crippen molar-refractivity contribution in [2.24, 2.45) is 0 Å². The maximum absolute atomic E-state index is 12.4. The van der Waals surface area contributed by atoms with Crippen LogP contribution in [0, 0.1) is 0 Å². The van der Waals surface area contributed by atoms with Crippen molar-refractivity contribution in [3.63, 3.8) is 0 Å². The van der Waals surface area contributed by atoms with Crippen LogP contribution in [0.2, 0.25) is 0 Å². The SMILES string of the molecule is CCCCCc1nnc(NC(=O)Cn2[nH]c(=O)c3ccccc3c2=O)s1. The first-order chi connectivity index (χ1) is 12.6. The van der Waals surface area contributed by atoms with E-state index in [-0.39, 0.29) is 11.9 Å². The third-order valence-corrected chi connectivity index (χ3v) is 4.79. The number of carbonyl (C=O) groups excluding carboxylic acids is 1. The maximum atomic E-state index is 12.4. The minimum Gasteiger partial charge on any atom is -0.299 e. The van der Waals surface area contributed by atoms with Crippen LogP contribution in [-0.2, 0) is 17.8 Å². The molecule has 2 N–H and O–H groups in total. The van der Waals surface area contributed by atoms with Gasteiger partial charge in [0.1, 0.15) is 11.6 Å². The van der Waals surface area contributed by atoms with Crippen LogP contribution in [-0.4, -0.2) is 25.9 Å². The number of hydrogen-bond donors (Lipinski definition) is 2. The van der Waals surface area contributed by atoms with E-state index in [0.717, 1.165) is 35.4 Å². The molecular weight excluding hydrogens is 354 g/mol. The van der Waals surface area contributed by atoms with E-state index in [0.29, 0.717) is 10.5 Å². The van der Waals surface area contributed by atoms with E-state index < -0.39 is 17.0 Å². The molecule has 0 aliphatic rings. The largest absolute Gasteiger partial charge is 0.299 e. The Balaban J connectivity index is 1.71. The van der Waals surface area contributed by atoms with Gasteiger partial charge in [-0.2, -0.15) is 0 Å². The van der Waals surface area contributed by atoms with Gasteiger partial charge in [0.05, 0.1) is 10.8 Å². The lowest BCUT2D eigenvalue weighted by Crippen LogP contribution is -2.34. The number of aromatic amines is 1. The van der Waals surface area contributed by atoms with Gasteiger partial charge in [-0.3, -0.25) is 24.8 Å². The van der Waals surface area contributed by atoms with Crippen molar-refractivity contribution in [2.45, 2.75) is 39.2 Å². The van der Waals surface area contributed by atoms with Crippen LogP contribution in [0.25, 0.3) is 10.8 Å². The van der Waals surface area contributed by atoms with Crippen LogP contribution in [0.3, 0.4) is 0 Å². The molecule has 0 unspecified atom stereocenters. The van der Waals surface area contributed by atoms with Gasteiger partial charge < -0.3 is 0 Å². The predicted molar refractivity (Wildman–Crippen MR) is 101 cm³/mol. The van der Waals surface area contributed by atoms with Crippen molar-refractivity contribution in [1.29, 1.82) is 0 Å². The normalized spacial score (nSPS) is 11.0. The Hall–Kier alpha value is -2.81. The molecule has 3 rings (SSSR count). The predicted octanol–water partition coefficient (Wildman–Crippen LogP) is 1.91. The zero-order chi connectivity index (χ0) is 18.5. The van der Waals surface area contributed by atoms with Crippen molar-refractivity contribution in [2.75, 3.05) is 5.32 Å². The van der Waals surface area contributed by atoms with Gasteiger partial charge in [-0.15, -0.1) is 10.2 Å². The van der Waals surface area contributed by atoms with Gasteiger partial charge >= 0.3 is 0 Å². The van der Waals surface area contributed by atoms with Crippen LogP contribution in [0.15, 0.2) is 33.9 Å². The van der Waals surface area contributed by atoms with Gasteiger partial charge in [0, 0.05) is 6.42 Å². The van der Waals surface area contributed by atoms with Crippen molar-refractivity contribution in [3.8, 4) is 0 Å². The van der Waals surface area contributed by atoms with Crippen molar-refractivity contribution in [1.82, 2.24) is 20.0 Å². The van der Waals surface area contributed by atoms with Crippen molar-refractivity contribution < 1.29 is 4.79 Å². The lowest BCUT2D eigenvalue weighted by Gasteiger charge is -2.06. The molecule has 0 saturated carbocycles. The van der Waals surface area contributed by atoms with Gasteiger partial charge in [0.2, 0.25) is 11.0 Å². The molecule has 0 aliphatic heterocycles. The summed E-state index contributed by atoms with van der Waals surface area (Å²) >= 11 is 1.32. The molecule has 3 aromatic rings. The van der Waals surface area contributed by atoms with E-state index in [9.17, 15) is 14.4 Å². The highest BCUT2D eigenvalue weighted by molar-refractivity contribution is 7.15. The number of nitrogens with one attached hydrogen (secondary N) is 2. The number of amides is 1. The number of fused-ring (bicyclic) bond motifs is 1. The average molecular weight is 373 g/mol. The number of nitrogens with zero attached hydrogens (tertiary/aromatic N) is 3. The van der Waals surface area contributed by atoms with Gasteiger partial charge in [-0.1, -0.05) is 43.2 Å². The van der Waals surface area contributed by atoms with Gasteiger partial charge in [0.15, 0.2) is 0 Å². The summed E-state index contributed by atoms with van der Waals surface area (Å²) in [4.78, 5) is 36.7. The molecule has 0 saturated heterocycles. The molecule has 0 atom stereocenters. The smallest absolute Gasteiger partial charge is 0.273 e. The fraction of sp³-hybridized carbons (Fsp3) is 0.353. The lowest BCUT2D eigenvalue weighted by molar-refractivity contribution is -0.117. The van der Waals surface area contributed by atoms with Crippen LogP contribution < -0.4 is 16.4 Å². The summed E-state index contributed by atoms with van der Waals surface area (Å²) in [6, 6.07) is 6.49. The van der Waals surface area contributed by atoms with Gasteiger partial charge in [-0.05, 0) is 18.6 Å². The second-order valence-electron chi connectivity index (χ2n) is 5.88. The molecule has 2 heterocycles. The Bertz CT molecular complexity index is 1040. The minimum absolute atomic E-state index is 0.276. The first-order valence-corrected chi connectivity index (χ1v) is 9.24. The van der Waals surface area contributed by atoms with E-state index in [1.807, 2.05) is 0 Å². The summed E-state index contributed by atoms with van der Waals surface area (Å²) in [5, 5.41) is 14.9. The monoisotopic (exact) mass is 373 g/mol. The summed E-state index contributed by atoms with van der Waals surface area (Å²) in [6.45, 7) is 1.83. The maximum Gasteiger partial charge on any atom is 0.273 e. The molecule has 0 bridgehead atoms. The van der Waals surface area contributed by atoms with E-state index in [4.69, 9.17) is 0 Å². The second-order valence-corrected chi connectivity index (χ2v) is 6.95. The zero-order valence-corrected chi connectivity index (χ0v) is 15.1. The number of aromatic nitrogens is 4. The zero-order valence-electron chi connectivity index (χ0n) is 14.3. The van der Waals surface area contributed by atoms with Gasteiger partial charge in [0.25, 0.3) is 11.1 Å². The Kier molecular flexibility index (Phi) is 5.57. The molecule has 136 valence electrons. The fourth-order valence-corrected chi connectivity index (χ4v) is 3.39. The molecule has 9 heteroatoms. The van der Waals surface area contributed by atoms with Gasteiger partial charge in [-0.25, -0.2) is 4.68 Å². The van der Waals surface area contributed by atoms with Crippen LogP contribution in [0.4, 0.5) is 5.13 Å². The van der Waals surface area contributed by atoms with E-state index >= 15 is 0 Å². The van der Waals surface area contributed by atoms with E-state index in [1.165, 1.54) is 11.3 Å². The van der Waals surface area contributed by atoms with Crippen LogP contribution >= 0.6 is 11.3 Å². The number of H-pyrrole nitrogens is 1. The molecule has 2 aromatic heterocycles. The number of anilines is 1. The first-order valence-electron chi connectivity index (χ1n) is 8.42. The molecule has 0 radical (unpaired) electrons. The number of unbranched alkanes of at least 4 members (excludes halogenated alkanes) is 2. The van der Waals surface area contributed by atoms with E-state index in [1.54, 1.807) is 24.3 Å². The third-order valence-electron chi connectivity index (χ3n) is 3.89. The Labute approximate surface area is 152 Å². The first kappa shape index (κ1) is 18.0. The Morgan fingerprint density at radius 3 is 2.73 bits per heavy atom. The summed E-state index contributed by atoms with van der Waals surface area (Å²) in [6.07, 6.45) is 4.12. The quantitative estimate of drug-likeness (QED) is 0.615. The Morgan fingerprint density at radius 1 is 1.19 bits per heavy atom. The van der Waals surface area contributed by atoms with Crippen LogP contribution in [0.1, 0.15) is 31.2 Å². The summed E-state index contributed by atoms with van der Waals surface area (Å²) < 4.78 is 1.00. The van der Waals surface area contributed by atoms with E-state index in [2.05, 4.69) is 27.5 Å². The Morgan fingerprint density at radius 2 is 1.96 bits per heavy atom. The molecule has 8 nitrogen and oxygen atoms in total. The number of aryl methyl sites for hydroxylation is 1. The molecule has 0 aliphatic carbocycles. The molecule has 0 spiro atoms. The molecule has 0 fully saturated rings. The highest BCUT2D eigenvalue weighted by atomic mass is 32.1. The fourth-order valence-electron chi connectivity index (χ4n) is 2.59. The topological polar surface area (TPSA) is 110 Å². The molecular formula is C17H19N5O3S. The summed E-state index contributed by atoms with van der Waals surface area (Å²) in [7, 11) is 0. The molecule has 1 amide bonds. The van der Waals surface area contributed by atoms with Crippen LogP contribution in [0.5, 0.6) is 0 Å². The van der Waals surface area contributed by atoms with Crippen molar-refractivity contribution in [3.05, 3.63) is 50.0 Å². The third kappa shape index (κ3) is 4.05. The number of benzene rings is 1. The second kappa shape index (κ2) is 8.05. The number of rotatable bonds is 7. The highest BCUT2D eigenvalue weighted by Crippen LogP contribution is 2.17.